The van der Waals surface area contributed by atoms with Crippen LogP contribution in [0.2, 0.25) is 0 Å². The van der Waals surface area contributed by atoms with Crippen molar-refractivity contribution in [1.82, 2.24) is 0 Å². The van der Waals surface area contributed by atoms with Crippen LogP contribution in [0.4, 0.5) is 48.6 Å². The SMILES string of the molecule is [2H]c1cc(-c2cc(-c3c([2H])c([2H])c([2H])c([2H])c3[2H])cc(F)c2N(c2ccc(C#N)cc2)c2ccc3ccc4c(N(c5ccc([N+]#[C-])cc5)c5c(F)cc(-c6c([2H])c([2H])c([2H])c([2H])c6[2H])cc5-c5c([2H])c([2H])c([2H])c([2H])c5[2H])ccc5ccc2c3c54)c([2H])c([2H])c1[2H]. The molecule has 0 aromatic heterocycles. The van der Waals surface area contributed by atoms with Gasteiger partial charge in [-0.2, -0.15) is 5.26 Å². The van der Waals surface area contributed by atoms with E-state index < -0.39 is 149 Å². The highest BCUT2D eigenvalue weighted by Crippen LogP contribution is 2.52. The van der Waals surface area contributed by atoms with Gasteiger partial charge < -0.3 is 9.80 Å². The highest BCUT2D eigenvalue weighted by Gasteiger charge is 2.28. The summed E-state index contributed by atoms with van der Waals surface area (Å²) >= 11 is 0. The van der Waals surface area contributed by atoms with Crippen LogP contribution in [0.15, 0.2) is 242 Å². The zero-order chi connectivity index (χ0) is 65.2. The van der Waals surface area contributed by atoms with Crippen LogP contribution >= 0.6 is 0 Å². The Labute approximate surface area is 442 Å². The van der Waals surface area contributed by atoms with Crippen LogP contribution in [-0.4, -0.2) is 0 Å². The topological polar surface area (TPSA) is 34.6 Å². The standard InChI is InChI=1S/C66H40F2N4/c1-70-52-28-32-54(33-29-52)72(66-58(47-20-12-5-13-21-47)39-51(41-60(66)68)45-16-8-3-9-17-45)62-37-27-49-24-34-55-61(36-26-48-25-35-56(62)64(49)63(48)55)71(53-30-22-43(42-69)23-31-53)65-57(46-18-10-4-11-19-46)38-50(40-59(65)67)44-14-6-2-7-15-44/h2-41H/i2D,3D,4D,5D,6D,7D,8D,9D,10D,11D,12D,13D,14D,15D,16D,17D,18D,20D,21D. The van der Waals surface area contributed by atoms with Gasteiger partial charge >= 0.3 is 0 Å². The van der Waals surface area contributed by atoms with Gasteiger partial charge in [0.05, 0.1) is 67.0 Å². The molecule has 0 atom stereocenters. The van der Waals surface area contributed by atoms with Gasteiger partial charge in [0, 0.05) is 33.3 Å². The molecule has 338 valence electrons. The molecule has 0 unspecified atom stereocenters. The van der Waals surface area contributed by atoms with Crippen molar-refractivity contribution in [2.45, 2.75) is 0 Å². The Morgan fingerprint density at radius 1 is 0.431 bits per heavy atom. The van der Waals surface area contributed by atoms with Gasteiger partial charge in [0.25, 0.3) is 0 Å². The average Bonchev–Trinajstić information content (AvgIpc) is 0.723. The van der Waals surface area contributed by atoms with E-state index in [2.05, 4.69) is 10.9 Å². The number of nitriles is 1. The van der Waals surface area contributed by atoms with Gasteiger partial charge in [-0.05, 0) is 128 Å². The van der Waals surface area contributed by atoms with Gasteiger partial charge in [0.1, 0.15) is 11.6 Å². The molecule has 0 saturated heterocycles. The van der Waals surface area contributed by atoms with Crippen LogP contribution in [0.5, 0.6) is 0 Å². The maximum atomic E-state index is 18.4. The number of hydrogen-bond donors (Lipinski definition) is 0. The van der Waals surface area contributed by atoms with Crippen molar-refractivity contribution in [3.63, 3.8) is 0 Å². The van der Waals surface area contributed by atoms with E-state index in [1.165, 1.54) is 70.5 Å². The monoisotopic (exact) mass is 945 g/mol. The van der Waals surface area contributed by atoms with Crippen LogP contribution in [-0.2, 0) is 0 Å². The van der Waals surface area contributed by atoms with E-state index >= 15 is 8.78 Å². The third-order valence-electron chi connectivity index (χ3n) is 12.4. The minimum atomic E-state index is -1.15. The number of halogens is 2. The zero-order valence-corrected chi connectivity index (χ0v) is 37.2. The van der Waals surface area contributed by atoms with E-state index in [1.807, 2.05) is 0 Å². The molecule has 0 aliphatic heterocycles. The van der Waals surface area contributed by atoms with Gasteiger partial charge in [0.15, 0.2) is 5.69 Å². The first-order valence-corrected chi connectivity index (χ1v) is 22.1. The molecule has 0 saturated carbocycles. The lowest BCUT2D eigenvalue weighted by Crippen LogP contribution is -2.14. The van der Waals surface area contributed by atoms with Crippen molar-refractivity contribution in [2.75, 3.05) is 9.80 Å². The van der Waals surface area contributed by atoms with Crippen molar-refractivity contribution in [1.29, 1.82) is 5.26 Å². The molecule has 0 heterocycles. The fourth-order valence-corrected chi connectivity index (χ4v) is 9.23. The molecule has 12 aromatic rings. The Balaban J connectivity index is 1.18. The van der Waals surface area contributed by atoms with Crippen LogP contribution in [0.25, 0.3) is 81.7 Å². The van der Waals surface area contributed by atoms with E-state index in [9.17, 15) is 9.37 Å². The molecule has 0 fully saturated rings. The first-order chi connectivity index (χ1) is 43.3. The molecule has 0 bridgehead atoms. The second kappa shape index (κ2) is 18.2. The average molecular weight is 946 g/mol. The van der Waals surface area contributed by atoms with E-state index in [1.54, 1.807) is 48.5 Å². The Morgan fingerprint density at radius 2 is 0.847 bits per heavy atom. The van der Waals surface area contributed by atoms with E-state index in [0.29, 0.717) is 32.3 Å². The molecule has 0 aliphatic carbocycles. The maximum Gasteiger partial charge on any atom is 0.187 e. The number of rotatable bonds is 10. The first-order valence-electron chi connectivity index (χ1n) is 31.6. The molecular formula is C66H40F2N4. The van der Waals surface area contributed by atoms with Crippen LogP contribution in [0.3, 0.4) is 0 Å². The predicted molar refractivity (Wildman–Crippen MR) is 292 cm³/mol. The Hall–Kier alpha value is -9.88. The van der Waals surface area contributed by atoms with Gasteiger partial charge in [0.2, 0.25) is 0 Å². The van der Waals surface area contributed by atoms with E-state index in [-0.39, 0.29) is 67.5 Å². The normalized spacial score (nSPS) is 14.9. The summed E-state index contributed by atoms with van der Waals surface area (Å²) in [6.07, 6.45) is 0. The molecule has 72 heavy (non-hydrogen) atoms. The Bertz CT molecular complexity index is 5160. The maximum absolute atomic E-state index is 18.4. The van der Waals surface area contributed by atoms with Crippen LogP contribution < -0.4 is 9.80 Å². The second-order valence-corrected chi connectivity index (χ2v) is 16.3. The lowest BCUT2D eigenvalue weighted by Gasteiger charge is -2.31. The highest BCUT2D eigenvalue weighted by atomic mass is 19.1. The van der Waals surface area contributed by atoms with Crippen molar-refractivity contribution in [2.24, 2.45) is 0 Å². The molecular weight excluding hydrogens is 887 g/mol. The number of benzene rings is 12. The van der Waals surface area contributed by atoms with Gasteiger partial charge in [-0.25, -0.2) is 13.6 Å². The Kier molecular flexibility index (Phi) is 6.92. The number of hydrogen-bond acceptors (Lipinski definition) is 3. The van der Waals surface area contributed by atoms with Crippen LogP contribution in [0, 0.1) is 29.5 Å². The second-order valence-electron chi connectivity index (χ2n) is 16.3. The molecule has 0 radical (unpaired) electrons. The molecule has 0 N–H and O–H groups in total. The summed E-state index contributed by atoms with van der Waals surface area (Å²) in [6, 6.07) is 19.9. The summed E-state index contributed by atoms with van der Waals surface area (Å²) in [5, 5.41) is 13.0. The number of anilines is 6. The first kappa shape index (κ1) is 27.3. The lowest BCUT2D eigenvalue weighted by molar-refractivity contribution is 0.629. The molecule has 6 heteroatoms. The van der Waals surface area contributed by atoms with Crippen molar-refractivity contribution >= 4 is 72.1 Å². The fraction of sp³-hybridized carbons (Fsp3) is 0. The minimum absolute atomic E-state index is 0.173. The summed E-state index contributed by atoms with van der Waals surface area (Å²) in [4.78, 5) is 6.43. The molecule has 0 aliphatic rings. The molecule has 4 nitrogen and oxygen atoms in total. The van der Waals surface area contributed by atoms with Crippen molar-refractivity contribution < 1.29 is 34.8 Å². The molecule has 12 aromatic carbocycles. The van der Waals surface area contributed by atoms with Gasteiger partial charge in [-0.1, -0.05) is 169 Å². The van der Waals surface area contributed by atoms with E-state index in [0.717, 1.165) is 18.2 Å². The largest absolute Gasteiger partial charge is 0.307 e. The third-order valence-corrected chi connectivity index (χ3v) is 12.4. The molecule has 0 amide bonds. The predicted octanol–water partition coefficient (Wildman–Crippen LogP) is 18.9. The fourth-order valence-electron chi connectivity index (χ4n) is 9.23. The zero-order valence-electron chi connectivity index (χ0n) is 56.2. The summed E-state index contributed by atoms with van der Waals surface area (Å²) < 4.78 is 202. The van der Waals surface area contributed by atoms with E-state index in [4.69, 9.17) is 28.5 Å². The summed E-state index contributed by atoms with van der Waals surface area (Å²) in [7, 11) is 0. The summed E-state index contributed by atoms with van der Waals surface area (Å²) in [5.74, 6) is -2.23. The lowest BCUT2D eigenvalue weighted by atomic mass is 9.90. The van der Waals surface area contributed by atoms with Gasteiger partial charge in [-0.15, -0.1) is 0 Å². The third kappa shape index (κ3) is 7.61. The Morgan fingerprint density at radius 3 is 1.32 bits per heavy atom. The minimum Gasteiger partial charge on any atom is -0.307 e. The van der Waals surface area contributed by atoms with Crippen molar-refractivity contribution in [3.8, 4) is 50.6 Å². The van der Waals surface area contributed by atoms with Gasteiger partial charge in [-0.3, -0.25) is 0 Å². The molecule has 12 rings (SSSR count). The molecule has 0 spiro atoms. The number of nitrogens with zero attached hydrogens (tertiary/aromatic N) is 4. The highest BCUT2D eigenvalue weighted by molar-refractivity contribution is 6.28. The summed E-state index contributed by atoms with van der Waals surface area (Å²) in [5.41, 5.74) is -2.25. The quantitative estimate of drug-likeness (QED) is 0.101. The summed E-state index contributed by atoms with van der Waals surface area (Å²) in [6.45, 7) is 7.79. The van der Waals surface area contributed by atoms with Crippen LogP contribution in [0.1, 0.15) is 31.6 Å². The smallest absolute Gasteiger partial charge is 0.187 e. The van der Waals surface area contributed by atoms with Crippen molar-refractivity contribution in [3.05, 3.63) is 271 Å².